The quantitative estimate of drug-likeness (QED) is 0.687. The van der Waals surface area contributed by atoms with Gasteiger partial charge in [0.1, 0.15) is 0 Å². The zero-order chi connectivity index (χ0) is 20.8. The van der Waals surface area contributed by atoms with E-state index in [-0.39, 0.29) is 11.8 Å². The molecule has 0 atom stereocenters. The van der Waals surface area contributed by atoms with Gasteiger partial charge >= 0.3 is 0 Å². The topological polar surface area (TPSA) is 62.3 Å². The molecule has 5 heteroatoms. The van der Waals surface area contributed by atoms with E-state index in [0.717, 1.165) is 28.8 Å². The molecule has 3 rings (SSSR count). The van der Waals surface area contributed by atoms with Gasteiger partial charge in [0.15, 0.2) is 0 Å². The molecule has 0 aliphatic rings. The van der Waals surface area contributed by atoms with Crippen LogP contribution in [-0.2, 0) is 6.42 Å². The van der Waals surface area contributed by atoms with Gasteiger partial charge in [-0.1, -0.05) is 6.07 Å². The fraction of sp³-hybridized carbons (Fsp3) is 0.208. The van der Waals surface area contributed by atoms with Crippen LogP contribution in [0.3, 0.4) is 0 Å². The Balaban J connectivity index is 1.61. The molecular formula is C24H25N3O2. The van der Waals surface area contributed by atoms with Crippen molar-refractivity contribution < 1.29 is 9.59 Å². The van der Waals surface area contributed by atoms with Gasteiger partial charge in [0.2, 0.25) is 0 Å². The van der Waals surface area contributed by atoms with E-state index < -0.39 is 0 Å². The number of carbonyl (C=O) groups excluding carboxylic acids is 2. The van der Waals surface area contributed by atoms with E-state index in [1.54, 1.807) is 48.6 Å². The summed E-state index contributed by atoms with van der Waals surface area (Å²) in [4.78, 5) is 30.8. The minimum absolute atomic E-state index is 0.0691. The first kappa shape index (κ1) is 20.3. The number of anilines is 1. The average molecular weight is 387 g/mol. The summed E-state index contributed by atoms with van der Waals surface area (Å²) in [5, 5.41) is 2.91. The number of carbonyl (C=O) groups is 2. The summed E-state index contributed by atoms with van der Waals surface area (Å²) in [7, 11) is 1.78. The lowest BCUT2D eigenvalue weighted by atomic mass is 10.1. The number of pyridine rings is 1. The van der Waals surface area contributed by atoms with Crippen molar-refractivity contribution in [2.75, 3.05) is 18.9 Å². The van der Waals surface area contributed by atoms with Gasteiger partial charge in [-0.3, -0.25) is 14.6 Å². The van der Waals surface area contributed by atoms with Crippen molar-refractivity contribution in [2.24, 2.45) is 0 Å². The predicted molar refractivity (Wildman–Crippen MR) is 115 cm³/mol. The second-order valence-electron chi connectivity index (χ2n) is 7.24. The molecule has 5 nitrogen and oxygen atoms in total. The molecule has 0 aliphatic carbocycles. The Hall–Kier alpha value is -3.47. The molecule has 1 aromatic heterocycles. The van der Waals surface area contributed by atoms with Crippen LogP contribution >= 0.6 is 0 Å². The smallest absolute Gasteiger partial charge is 0.255 e. The van der Waals surface area contributed by atoms with E-state index in [1.165, 1.54) is 0 Å². The fourth-order valence-electron chi connectivity index (χ4n) is 3.18. The van der Waals surface area contributed by atoms with E-state index in [9.17, 15) is 9.59 Å². The van der Waals surface area contributed by atoms with Crippen LogP contribution in [0.2, 0.25) is 0 Å². The number of hydrogen-bond acceptors (Lipinski definition) is 3. The van der Waals surface area contributed by atoms with Crippen molar-refractivity contribution in [3.05, 3.63) is 94.8 Å². The summed E-state index contributed by atoms with van der Waals surface area (Å²) in [6.07, 6.45) is 4.26. The van der Waals surface area contributed by atoms with Crippen molar-refractivity contribution >= 4 is 17.5 Å². The average Bonchev–Trinajstić information content (AvgIpc) is 2.71. The van der Waals surface area contributed by atoms with Crippen LogP contribution in [0.4, 0.5) is 5.69 Å². The first-order chi connectivity index (χ1) is 13.9. The number of aryl methyl sites for hydroxylation is 2. The van der Waals surface area contributed by atoms with Crippen LogP contribution in [0.5, 0.6) is 0 Å². The van der Waals surface area contributed by atoms with Gasteiger partial charge in [-0.05, 0) is 85.5 Å². The van der Waals surface area contributed by atoms with Crippen molar-refractivity contribution in [3.63, 3.8) is 0 Å². The molecule has 0 spiro atoms. The zero-order valence-electron chi connectivity index (χ0n) is 17.0. The Labute approximate surface area is 171 Å². The number of rotatable bonds is 6. The van der Waals surface area contributed by atoms with Crippen molar-refractivity contribution in [1.29, 1.82) is 0 Å². The fourth-order valence-corrected chi connectivity index (χ4v) is 3.18. The number of nitrogens with zero attached hydrogens (tertiary/aromatic N) is 2. The number of likely N-dealkylation sites (N-methyl/N-ethyl adjacent to an activating group) is 1. The summed E-state index contributed by atoms with van der Waals surface area (Å²) in [5.41, 5.74) is 5.17. The Kier molecular flexibility index (Phi) is 6.39. The first-order valence-electron chi connectivity index (χ1n) is 9.56. The van der Waals surface area contributed by atoms with E-state index in [2.05, 4.69) is 16.4 Å². The second-order valence-corrected chi connectivity index (χ2v) is 7.24. The van der Waals surface area contributed by atoms with E-state index >= 15 is 0 Å². The lowest BCUT2D eigenvalue weighted by molar-refractivity contribution is 0.0796. The number of benzene rings is 2. The Morgan fingerprint density at radius 2 is 1.48 bits per heavy atom. The van der Waals surface area contributed by atoms with E-state index in [4.69, 9.17) is 0 Å². The third-order valence-electron chi connectivity index (χ3n) is 4.71. The Bertz CT molecular complexity index is 978. The van der Waals surface area contributed by atoms with Gasteiger partial charge in [-0.15, -0.1) is 0 Å². The maximum atomic E-state index is 12.6. The molecule has 29 heavy (non-hydrogen) atoms. The van der Waals surface area contributed by atoms with Gasteiger partial charge < -0.3 is 10.2 Å². The largest absolute Gasteiger partial charge is 0.341 e. The van der Waals surface area contributed by atoms with Crippen molar-refractivity contribution in [3.8, 4) is 0 Å². The number of nitrogens with one attached hydrogen (secondary N) is 1. The molecular weight excluding hydrogens is 362 g/mol. The van der Waals surface area contributed by atoms with Crippen molar-refractivity contribution in [1.82, 2.24) is 9.88 Å². The minimum atomic E-state index is -0.194. The van der Waals surface area contributed by atoms with Crippen LogP contribution in [0.1, 0.15) is 37.4 Å². The van der Waals surface area contributed by atoms with Crippen LogP contribution in [-0.4, -0.2) is 35.3 Å². The van der Waals surface area contributed by atoms with Crippen LogP contribution in [0.15, 0.2) is 67.0 Å². The molecule has 0 aliphatic heterocycles. The Morgan fingerprint density at radius 1 is 0.897 bits per heavy atom. The molecule has 2 amide bonds. The normalized spacial score (nSPS) is 10.4. The molecule has 148 valence electrons. The molecule has 1 N–H and O–H groups in total. The molecule has 0 bridgehead atoms. The van der Waals surface area contributed by atoms with E-state index in [0.29, 0.717) is 17.7 Å². The van der Waals surface area contributed by atoms with Gasteiger partial charge in [0.05, 0.1) is 0 Å². The molecule has 0 saturated carbocycles. The number of amides is 2. The van der Waals surface area contributed by atoms with Crippen LogP contribution in [0, 0.1) is 13.8 Å². The van der Waals surface area contributed by atoms with E-state index in [1.807, 2.05) is 38.1 Å². The van der Waals surface area contributed by atoms with Crippen molar-refractivity contribution in [2.45, 2.75) is 20.3 Å². The third kappa shape index (κ3) is 5.51. The van der Waals surface area contributed by atoms with Gasteiger partial charge in [0, 0.05) is 42.8 Å². The molecule has 1 heterocycles. The van der Waals surface area contributed by atoms with Gasteiger partial charge in [0.25, 0.3) is 11.8 Å². The number of aromatic nitrogens is 1. The highest BCUT2D eigenvalue weighted by molar-refractivity contribution is 6.05. The monoisotopic (exact) mass is 387 g/mol. The molecule has 0 unspecified atom stereocenters. The zero-order valence-corrected chi connectivity index (χ0v) is 17.0. The molecule has 0 radical (unpaired) electrons. The lowest BCUT2D eigenvalue weighted by Gasteiger charge is -2.17. The highest BCUT2D eigenvalue weighted by atomic mass is 16.2. The SMILES string of the molecule is Cc1cc(C)cc(NC(=O)c2ccc(C(=O)N(C)CCc3ccncc3)cc2)c1. The maximum Gasteiger partial charge on any atom is 0.255 e. The van der Waals surface area contributed by atoms with Crippen LogP contribution in [0.25, 0.3) is 0 Å². The molecule has 2 aromatic carbocycles. The van der Waals surface area contributed by atoms with Gasteiger partial charge in [-0.25, -0.2) is 0 Å². The standard InChI is InChI=1S/C24H25N3O2/c1-17-14-18(2)16-22(15-17)26-23(28)20-4-6-21(7-5-20)24(29)27(3)13-10-19-8-11-25-12-9-19/h4-9,11-12,14-16H,10,13H2,1-3H3,(H,26,28). The molecule has 3 aromatic rings. The molecule has 0 fully saturated rings. The molecule has 0 saturated heterocycles. The summed E-state index contributed by atoms with van der Waals surface area (Å²) in [5.74, 6) is -0.264. The third-order valence-corrected chi connectivity index (χ3v) is 4.71. The highest BCUT2D eigenvalue weighted by Crippen LogP contribution is 2.16. The predicted octanol–water partition coefficient (Wildman–Crippen LogP) is 4.27. The Morgan fingerprint density at radius 3 is 2.10 bits per heavy atom. The summed E-state index contributed by atoms with van der Waals surface area (Å²) >= 11 is 0. The number of hydrogen-bond donors (Lipinski definition) is 1. The van der Waals surface area contributed by atoms with Gasteiger partial charge in [-0.2, -0.15) is 0 Å². The first-order valence-corrected chi connectivity index (χ1v) is 9.56. The second kappa shape index (κ2) is 9.15. The lowest BCUT2D eigenvalue weighted by Crippen LogP contribution is -2.28. The highest BCUT2D eigenvalue weighted by Gasteiger charge is 2.13. The summed E-state index contributed by atoms with van der Waals surface area (Å²) in [6.45, 7) is 4.60. The summed E-state index contributed by atoms with van der Waals surface area (Å²) in [6, 6.07) is 16.6. The summed E-state index contributed by atoms with van der Waals surface area (Å²) < 4.78 is 0. The van der Waals surface area contributed by atoms with Crippen LogP contribution < -0.4 is 5.32 Å². The maximum absolute atomic E-state index is 12.6. The minimum Gasteiger partial charge on any atom is -0.341 e.